The van der Waals surface area contributed by atoms with Gasteiger partial charge in [0.15, 0.2) is 6.17 Å². The van der Waals surface area contributed by atoms with Crippen LogP contribution in [0.25, 0.3) is 10.9 Å². The maximum atomic E-state index is 14.8. The first-order valence-corrected chi connectivity index (χ1v) is 10.9. The van der Waals surface area contributed by atoms with Crippen molar-refractivity contribution in [3.63, 3.8) is 0 Å². The fourth-order valence-electron chi connectivity index (χ4n) is 4.55. The van der Waals surface area contributed by atoms with Crippen molar-refractivity contribution >= 4 is 16.6 Å². The minimum atomic E-state index is -3.40. The lowest BCUT2D eigenvalue weighted by atomic mass is 9.80. The lowest BCUT2D eigenvalue weighted by Gasteiger charge is -2.35. The number of aliphatic hydroxyl groups excluding tert-OH is 1. The monoisotopic (exact) mass is 478 g/mol. The Kier molecular flexibility index (Phi) is 6.69. The number of nitrogens with one attached hydrogen (secondary N) is 1. The average Bonchev–Trinajstić information content (AvgIpc) is 3.61. The third-order valence-corrected chi connectivity index (χ3v) is 6.50. The first kappa shape index (κ1) is 24.2. The van der Waals surface area contributed by atoms with Gasteiger partial charge in [0.2, 0.25) is 0 Å². The highest BCUT2D eigenvalue weighted by molar-refractivity contribution is 5.91. The summed E-state index contributed by atoms with van der Waals surface area (Å²) in [6.07, 6.45) is -5.61. The van der Waals surface area contributed by atoms with Gasteiger partial charge in [-0.25, -0.2) is 17.6 Å². The minimum Gasteiger partial charge on any atom is -0.496 e. The van der Waals surface area contributed by atoms with Gasteiger partial charge in [-0.1, -0.05) is 6.07 Å². The summed E-state index contributed by atoms with van der Waals surface area (Å²) in [5.41, 5.74) is -1.40. The van der Waals surface area contributed by atoms with E-state index < -0.39 is 36.0 Å². The number of pyridine rings is 1. The summed E-state index contributed by atoms with van der Waals surface area (Å²) >= 11 is 0. The molecule has 0 radical (unpaired) electrons. The highest BCUT2D eigenvalue weighted by Gasteiger charge is 2.55. The van der Waals surface area contributed by atoms with E-state index in [4.69, 9.17) is 4.74 Å². The molecule has 4 rings (SSSR count). The standard InChI is InChI=1S/C25H26F4N2O3/c1-34-21-8-5-15(26)11-18(21)24(9-10-24)13-25(33,22(27)23(28)29)14-30-19-3-2-4-20-17(19)7-6-16(12-32)31-20/h2-8,11,22-23,30,32-33H,9-10,12-14H2,1H3. The molecule has 3 N–H and O–H groups in total. The lowest BCUT2D eigenvalue weighted by molar-refractivity contribution is -0.100. The Hall–Kier alpha value is -2.91. The number of methoxy groups -OCH3 is 1. The number of anilines is 1. The van der Waals surface area contributed by atoms with Gasteiger partial charge in [-0.3, -0.25) is 4.98 Å². The first-order chi connectivity index (χ1) is 16.2. The van der Waals surface area contributed by atoms with Gasteiger partial charge in [0.05, 0.1) is 24.9 Å². The summed E-state index contributed by atoms with van der Waals surface area (Å²) in [7, 11) is 1.41. The van der Waals surface area contributed by atoms with Crippen LogP contribution in [-0.2, 0) is 12.0 Å². The summed E-state index contributed by atoms with van der Waals surface area (Å²) in [5.74, 6) is -0.165. The largest absolute Gasteiger partial charge is 0.496 e. The summed E-state index contributed by atoms with van der Waals surface area (Å²) < 4.78 is 61.2. The molecule has 5 nitrogen and oxygen atoms in total. The fraction of sp³-hybridized carbons (Fsp3) is 0.400. The molecule has 1 aliphatic rings. The van der Waals surface area contributed by atoms with E-state index in [0.717, 1.165) is 0 Å². The van der Waals surface area contributed by atoms with Crippen LogP contribution in [0.1, 0.15) is 30.5 Å². The van der Waals surface area contributed by atoms with Crippen molar-refractivity contribution in [2.45, 2.75) is 49.5 Å². The molecule has 1 heterocycles. The van der Waals surface area contributed by atoms with Crippen molar-refractivity contribution in [3.05, 3.63) is 65.6 Å². The van der Waals surface area contributed by atoms with E-state index in [9.17, 15) is 27.8 Å². The van der Waals surface area contributed by atoms with Gasteiger partial charge >= 0.3 is 0 Å². The second kappa shape index (κ2) is 9.38. The molecule has 1 aromatic heterocycles. The highest BCUT2D eigenvalue weighted by Crippen LogP contribution is 2.56. The van der Waals surface area contributed by atoms with Crippen molar-refractivity contribution in [2.75, 3.05) is 19.0 Å². The molecule has 182 valence electrons. The Morgan fingerprint density at radius 1 is 1.15 bits per heavy atom. The van der Waals surface area contributed by atoms with E-state index in [-0.39, 0.29) is 13.0 Å². The van der Waals surface area contributed by atoms with Crippen LogP contribution in [0.4, 0.5) is 23.2 Å². The Labute approximate surface area is 194 Å². The number of benzene rings is 2. The van der Waals surface area contributed by atoms with Crippen LogP contribution in [0, 0.1) is 5.82 Å². The molecule has 2 aromatic carbocycles. The van der Waals surface area contributed by atoms with Crippen LogP contribution in [0.15, 0.2) is 48.5 Å². The Bertz CT molecular complexity index is 1170. The molecular formula is C25H26F4N2O3. The minimum absolute atomic E-state index is 0.239. The van der Waals surface area contributed by atoms with Crippen molar-refractivity contribution < 1.29 is 32.5 Å². The molecular weight excluding hydrogens is 452 g/mol. The molecule has 9 heteroatoms. The van der Waals surface area contributed by atoms with E-state index >= 15 is 0 Å². The van der Waals surface area contributed by atoms with Gasteiger partial charge in [-0.2, -0.15) is 0 Å². The summed E-state index contributed by atoms with van der Waals surface area (Å²) in [6, 6.07) is 12.3. The zero-order valence-corrected chi connectivity index (χ0v) is 18.6. The van der Waals surface area contributed by atoms with E-state index in [1.807, 2.05) is 0 Å². The molecule has 0 spiro atoms. The zero-order valence-electron chi connectivity index (χ0n) is 18.6. The maximum Gasteiger partial charge on any atom is 0.272 e. The number of aromatic nitrogens is 1. The number of nitrogens with zero attached hydrogens (tertiary/aromatic N) is 1. The number of alkyl halides is 3. The van der Waals surface area contributed by atoms with Crippen LogP contribution in [0.5, 0.6) is 5.75 Å². The summed E-state index contributed by atoms with van der Waals surface area (Å²) in [4.78, 5) is 4.30. The predicted molar refractivity (Wildman–Crippen MR) is 120 cm³/mol. The third-order valence-electron chi connectivity index (χ3n) is 6.50. The van der Waals surface area contributed by atoms with Gasteiger partial charge in [-0.15, -0.1) is 0 Å². The molecule has 0 amide bonds. The number of hydrogen-bond acceptors (Lipinski definition) is 5. The molecule has 0 saturated heterocycles. The van der Waals surface area contributed by atoms with E-state index in [2.05, 4.69) is 10.3 Å². The van der Waals surface area contributed by atoms with Crippen LogP contribution >= 0.6 is 0 Å². The number of halogens is 4. The molecule has 1 saturated carbocycles. The molecule has 3 aromatic rings. The van der Waals surface area contributed by atoms with Crippen molar-refractivity contribution in [3.8, 4) is 5.75 Å². The molecule has 34 heavy (non-hydrogen) atoms. The fourth-order valence-corrected chi connectivity index (χ4v) is 4.55. The molecule has 1 aliphatic carbocycles. The molecule has 0 aliphatic heterocycles. The normalized spacial score (nSPS) is 17.4. The number of rotatable bonds is 10. The quantitative estimate of drug-likeness (QED) is 0.367. The van der Waals surface area contributed by atoms with E-state index in [0.29, 0.717) is 46.4 Å². The topological polar surface area (TPSA) is 74.6 Å². The van der Waals surface area contributed by atoms with Crippen LogP contribution in [-0.4, -0.2) is 47.0 Å². The van der Waals surface area contributed by atoms with E-state index in [1.54, 1.807) is 30.3 Å². The van der Waals surface area contributed by atoms with Gasteiger partial charge < -0.3 is 20.3 Å². The number of ether oxygens (including phenoxy) is 1. The second-order valence-electron chi connectivity index (χ2n) is 8.83. The van der Waals surface area contributed by atoms with Gasteiger partial charge in [0.25, 0.3) is 6.43 Å². The van der Waals surface area contributed by atoms with Crippen LogP contribution in [0.3, 0.4) is 0 Å². The Morgan fingerprint density at radius 3 is 2.56 bits per heavy atom. The molecule has 1 fully saturated rings. The molecule has 2 atom stereocenters. The Balaban J connectivity index is 1.64. The number of hydrogen-bond donors (Lipinski definition) is 3. The molecule has 2 unspecified atom stereocenters. The molecule has 0 bridgehead atoms. The second-order valence-corrected chi connectivity index (χ2v) is 8.83. The number of fused-ring (bicyclic) bond motifs is 1. The lowest BCUT2D eigenvalue weighted by Crippen LogP contribution is -2.51. The van der Waals surface area contributed by atoms with Crippen LogP contribution < -0.4 is 10.1 Å². The Morgan fingerprint density at radius 2 is 1.91 bits per heavy atom. The van der Waals surface area contributed by atoms with E-state index in [1.165, 1.54) is 25.3 Å². The van der Waals surface area contributed by atoms with Gasteiger partial charge in [0.1, 0.15) is 17.2 Å². The maximum absolute atomic E-state index is 14.8. The zero-order chi connectivity index (χ0) is 24.5. The first-order valence-electron chi connectivity index (χ1n) is 10.9. The predicted octanol–water partition coefficient (Wildman–Crippen LogP) is 4.74. The van der Waals surface area contributed by atoms with Gasteiger partial charge in [-0.05, 0) is 61.7 Å². The number of aliphatic hydroxyl groups is 2. The average molecular weight is 478 g/mol. The summed E-state index contributed by atoms with van der Waals surface area (Å²) in [6.45, 7) is -0.740. The van der Waals surface area contributed by atoms with Crippen LogP contribution in [0.2, 0.25) is 0 Å². The highest BCUT2D eigenvalue weighted by atomic mass is 19.3. The van der Waals surface area contributed by atoms with Crippen molar-refractivity contribution in [2.24, 2.45) is 0 Å². The summed E-state index contributed by atoms with van der Waals surface area (Å²) in [5, 5.41) is 24.1. The van der Waals surface area contributed by atoms with Crippen molar-refractivity contribution in [1.82, 2.24) is 4.98 Å². The van der Waals surface area contributed by atoms with Gasteiger partial charge in [0, 0.05) is 28.6 Å². The smallest absolute Gasteiger partial charge is 0.272 e. The third kappa shape index (κ3) is 4.67. The van der Waals surface area contributed by atoms with Crippen molar-refractivity contribution in [1.29, 1.82) is 0 Å². The SMILES string of the molecule is COc1ccc(F)cc1C1(CC(O)(CNc2cccc3nc(CO)ccc23)C(F)C(F)F)CC1.